The van der Waals surface area contributed by atoms with Gasteiger partial charge >= 0.3 is 0 Å². The summed E-state index contributed by atoms with van der Waals surface area (Å²) in [5.74, 6) is 0.0184. The van der Waals surface area contributed by atoms with Crippen molar-refractivity contribution in [1.82, 2.24) is 0 Å². The molecular weight excluding hydrogens is 261 g/mol. The number of methoxy groups -OCH3 is 1. The van der Waals surface area contributed by atoms with Gasteiger partial charge in [-0.25, -0.2) is 4.39 Å². The molecule has 0 aliphatic carbocycles. The molecule has 0 aliphatic rings. The van der Waals surface area contributed by atoms with E-state index in [0.29, 0.717) is 24.3 Å². The number of nitrogens with two attached hydrogens (primary N) is 1. The molecule has 4 heteroatoms. The maximum absolute atomic E-state index is 13.8. The van der Waals surface area contributed by atoms with Gasteiger partial charge in [0.05, 0.1) is 7.11 Å². The largest absolute Gasteiger partial charge is 0.494 e. The van der Waals surface area contributed by atoms with Crippen LogP contribution >= 0.6 is 15.9 Å². The zero-order chi connectivity index (χ0) is 11.3. The molecule has 0 saturated carbocycles. The van der Waals surface area contributed by atoms with Crippen LogP contribution in [0.15, 0.2) is 16.6 Å². The van der Waals surface area contributed by atoms with Crippen LogP contribution in [0.1, 0.15) is 18.4 Å². The van der Waals surface area contributed by atoms with Gasteiger partial charge in [0.25, 0.3) is 0 Å². The molecule has 0 heterocycles. The normalized spacial score (nSPS) is 10.4. The lowest BCUT2D eigenvalue weighted by Gasteiger charge is -2.09. The molecule has 1 aromatic carbocycles. The third-order valence-corrected chi connectivity index (χ3v) is 2.99. The Morgan fingerprint density at radius 3 is 2.73 bits per heavy atom. The average Bonchev–Trinajstić information content (AvgIpc) is 2.23. The van der Waals surface area contributed by atoms with Gasteiger partial charge in [-0.3, -0.25) is 0 Å². The minimum Gasteiger partial charge on any atom is -0.494 e. The summed E-state index contributed by atoms with van der Waals surface area (Å²) >= 11 is 3.34. The summed E-state index contributed by atoms with van der Waals surface area (Å²) in [5.41, 5.74) is 6.06. The number of hydrogen-bond acceptors (Lipinski definition) is 2. The summed E-state index contributed by atoms with van der Waals surface area (Å²) in [6.45, 7) is 0.642. The highest BCUT2D eigenvalue weighted by molar-refractivity contribution is 9.10. The first-order valence-corrected chi connectivity index (χ1v) is 5.71. The Balaban J connectivity index is 2.84. The van der Waals surface area contributed by atoms with Crippen LogP contribution in [0, 0.1) is 5.82 Å². The molecule has 0 bridgehead atoms. The topological polar surface area (TPSA) is 35.2 Å². The lowest BCUT2D eigenvalue weighted by atomic mass is 10.1. The number of hydrogen-bond donors (Lipinski definition) is 1. The third kappa shape index (κ3) is 3.18. The van der Waals surface area contributed by atoms with Gasteiger partial charge in [0, 0.05) is 10.0 Å². The minimum absolute atomic E-state index is 0.274. The van der Waals surface area contributed by atoms with Gasteiger partial charge in [0.2, 0.25) is 0 Å². The minimum atomic E-state index is -0.274. The Labute approximate surface area is 97.7 Å². The second kappa shape index (κ2) is 6.08. The second-order valence-corrected chi connectivity index (χ2v) is 4.14. The van der Waals surface area contributed by atoms with Gasteiger partial charge in [-0.1, -0.05) is 15.9 Å². The van der Waals surface area contributed by atoms with Crippen LogP contribution in [-0.4, -0.2) is 13.7 Å². The Kier molecular flexibility index (Phi) is 5.05. The number of halogens is 2. The summed E-state index contributed by atoms with van der Waals surface area (Å²) in [6.07, 6.45) is 2.48. The van der Waals surface area contributed by atoms with Crippen molar-refractivity contribution in [2.24, 2.45) is 5.73 Å². The monoisotopic (exact) mass is 275 g/mol. The summed E-state index contributed by atoms with van der Waals surface area (Å²) in [5, 5.41) is 0. The van der Waals surface area contributed by atoms with Gasteiger partial charge < -0.3 is 10.5 Å². The summed E-state index contributed by atoms with van der Waals surface area (Å²) in [6, 6.07) is 3.42. The van der Waals surface area contributed by atoms with Gasteiger partial charge in [-0.15, -0.1) is 0 Å². The fraction of sp³-hybridized carbons (Fsp3) is 0.455. The third-order valence-electron chi connectivity index (χ3n) is 2.25. The van der Waals surface area contributed by atoms with E-state index in [2.05, 4.69) is 15.9 Å². The van der Waals surface area contributed by atoms with Gasteiger partial charge in [0.15, 0.2) is 11.6 Å². The highest BCUT2D eigenvalue weighted by Gasteiger charge is 2.11. The van der Waals surface area contributed by atoms with Crippen molar-refractivity contribution in [2.45, 2.75) is 19.3 Å². The maximum Gasteiger partial charge on any atom is 0.169 e. The molecule has 0 aromatic heterocycles. The smallest absolute Gasteiger partial charge is 0.169 e. The molecule has 0 aliphatic heterocycles. The molecule has 2 N–H and O–H groups in total. The molecule has 0 fully saturated rings. The van der Waals surface area contributed by atoms with Gasteiger partial charge in [0.1, 0.15) is 0 Å². The molecule has 1 rings (SSSR count). The van der Waals surface area contributed by atoms with E-state index in [1.807, 2.05) is 0 Å². The van der Waals surface area contributed by atoms with Gasteiger partial charge in [-0.2, -0.15) is 0 Å². The van der Waals surface area contributed by atoms with Crippen molar-refractivity contribution >= 4 is 15.9 Å². The quantitative estimate of drug-likeness (QED) is 0.839. The molecule has 0 saturated heterocycles. The van der Waals surface area contributed by atoms with Gasteiger partial charge in [-0.05, 0) is 37.9 Å². The van der Waals surface area contributed by atoms with E-state index in [9.17, 15) is 4.39 Å². The average molecular weight is 276 g/mol. The summed E-state index contributed by atoms with van der Waals surface area (Å²) in [4.78, 5) is 0. The molecule has 0 unspecified atom stereocenters. The molecule has 0 atom stereocenters. The van der Waals surface area contributed by atoms with E-state index in [4.69, 9.17) is 10.5 Å². The molecule has 0 spiro atoms. The first-order valence-electron chi connectivity index (χ1n) is 4.91. The van der Waals surface area contributed by atoms with Crippen LogP contribution in [0.25, 0.3) is 0 Å². The van der Waals surface area contributed by atoms with E-state index < -0.39 is 0 Å². The first kappa shape index (κ1) is 12.5. The fourth-order valence-corrected chi connectivity index (χ4v) is 1.91. The van der Waals surface area contributed by atoms with Crippen molar-refractivity contribution in [3.05, 3.63) is 28.0 Å². The Bertz CT molecular complexity index is 331. The standard InChI is InChI=1S/C11H15BrFNO/c1-15-10-6-5-9(12)8(11(10)13)4-2-3-7-14/h5-6H,2-4,7,14H2,1H3. The van der Waals surface area contributed by atoms with Crippen molar-refractivity contribution in [3.63, 3.8) is 0 Å². The number of unbranched alkanes of at least 4 members (excludes halogenated alkanes) is 1. The predicted molar refractivity (Wildman–Crippen MR) is 62.6 cm³/mol. The van der Waals surface area contributed by atoms with E-state index in [0.717, 1.165) is 17.3 Å². The lowest BCUT2D eigenvalue weighted by molar-refractivity contribution is 0.383. The summed E-state index contributed by atoms with van der Waals surface area (Å²) in [7, 11) is 1.47. The van der Waals surface area contributed by atoms with E-state index in [1.54, 1.807) is 12.1 Å². The second-order valence-electron chi connectivity index (χ2n) is 3.29. The predicted octanol–water partition coefficient (Wildman–Crippen LogP) is 2.88. The van der Waals surface area contributed by atoms with Crippen molar-refractivity contribution < 1.29 is 9.13 Å². The molecule has 84 valence electrons. The van der Waals surface area contributed by atoms with Crippen LogP contribution in [0.4, 0.5) is 4.39 Å². The van der Waals surface area contributed by atoms with E-state index in [1.165, 1.54) is 7.11 Å². The Morgan fingerprint density at radius 2 is 2.13 bits per heavy atom. The van der Waals surface area contributed by atoms with Crippen LogP contribution in [0.2, 0.25) is 0 Å². The Hall–Kier alpha value is -0.610. The van der Waals surface area contributed by atoms with Crippen molar-refractivity contribution in [2.75, 3.05) is 13.7 Å². The molecule has 0 radical (unpaired) electrons. The molecular formula is C11H15BrFNO. The van der Waals surface area contributed by atoms with E-state index >= 15 is 0 Å². The number of rotatable bonds is 5. The SMILES string of the molecule is COc1ccc(Br)c(CCCCN)c1F. The summed E-state index contributed by atoms with van der Waals surface area (Å²) < 4.78 is 19.5. The first-order chi connectivity index (χ1) is 7.20. The zero-order valence-corrected chi connectivity index (χ0v) is 10.3. The number of benzene rings is 1. The zero-order valence-electron chi connectivity index (χ0n) is 8.72. The van der Waals surface area contributed by atoms with E-state index in [-0.39, 0.29) is 5.82 Å². The van der Waals surface area contributed by atoms with Crippen molar-refractivity contribution in [3.8, 4) is 5.75 Å². The van der Waals surface area contributed by atoms with Crippen LogP contribution in [0.5, 0.6) is 5.75 Å². The highest BCUT2D eigenvalue weighted by atomic mass is 79.9. The van der Waals surface area contributed by atoms with Crippen LogP contribution < -0.4 is 10.5 Å². The fourth-order valence-electron chi connectivity index (χ4n) is 1.41. The highest BCUT2D eigenvalue weighted by Crippen LogP contribution is 2.28. The lowest BCUT2D eigenvalue weighted by Crippen LogP contribution is -2.01. The molecule has 15 heavy (non-hydrogen) atoms. The maximum atomic E-state index is 13.8. The number of ether oxygens (including phenoxy) is 1. The van der Waals surface area contributed by atoms with Crippen molar-refractivity contribution in [1.29, 1.82) is 0 Å². The van der Waals surface area contributed by atoms with Crippen LogP contribution in [0.3, 0.4) is 0 Å². The molecule has 0 amide bonds. The molecule has 2 nitrogen and oxygen atoms in total. The van der Waals surface area contributed by atoms with Crippen LogP contribution in [-0.2, 0) is 6.42 Å². The Morgan fingerprint density at radius 1 is 1.40 bits per heavy atom. The molecule has 1 aromatic rings.